The smallest absolute Gasteiger partial charge is 0.286 e. The van der Waals surface area contributed by atoms with Gasteiger partial charge in [0, 0.05) is 5.56 Å². The van der Waals surface area contributed by atoms with Crippen molar-refractivity contribution in [3.05, 3.63) is 82.6 Å². The van der Waals surface area contributed by atoms with E-state index in [0.29, 0.717) is 16.8 Å². The quantitative estimate of drug-likeness (QED) is 0.618. The molecule has 0 spiro atoms. The van der Waals surface area contributed by atoms with Crippen molar-refractivity contribution in [2.24, 2.45) is 4.40 Å². The van der Waals surface area contributed by atoms with E-state index in [1.54, 1.807) is 36.4 Å². The van der Waals surface area contributed by atoms with Gasteiger partial charge in [-0.15, -0.1) is 4.40 Å². The van der Waals surface area contributed by atoms with Gasteiger partial charge < -0.3 is 14.8 Å². The highest BCUT2D eigenvalue weighted by Gasteiger charge is 2.26. The first kappa shape index (κ1) is 20.2. The maximum Gasteiger partial charge on any atom is 0.286 e. The van der Waals surface area contributed by atoms with E-state index in [2.05, 4.69) is 9.71 Å². The summed E-state index contributed by atoms with van der Waals surface area (Å²) in [5.41, 5.74) is 1.45. The second-order valence-corrected chi connectivity index (χ2v) is 8.42. The van der Waals surface area contributed by atoms with E-state index in [1.807, 2.05) is 0 Å². The van der Waals surface area contributed by atoms with Crippen molar-refractivity contribution in [1.29, 1.82) is 0 Å². The van der Waals surface area contributed by atoms with Crippen LogP contribution < -0.4 is 14.8 Å². The molecular weight excluding hydrogens is 431 g/mol. The lowest BCUT2D eigenvalue weighted by atomic mass is 10.1. The van der Waals surface area contributed by atoms with Crippen molar-refractivity contribution in [2.75, 3.05) is 12.4 Å². The number of hydrogen-bond donors (Lipinski definition) is 1. The number of sulfonamides is 1. The average molecular weight is 447 g/mol. The van der Waals surface area contributed by atoms with Crippen LogP contribution in [-0.4, -0.2) is 21.4 Å². The average Bonchev–Trinajstić information content (AvgIpc) is 2.72. The van der Waals surface area contributed by atoms with E-state index in [-0.39, 0.29) is 39.7 Å². The van der Waals surface area contributed by atoms with Gasteiger partial charge in [0.15, 0.2) is 17.3 Å². The molecule has 0 amide bonds. The third-order valence-electron chi connectivity index (χ3n) is 4.40. The molecule has 0 radical (unpaired) electrons. The van der Waals surface area contributed by atoms with E-state index in [4.69, 9.17) is 21.1 Å². The number of fused-ring (bicyclic) bond motifs is 1. The fraction of sp³-hybridized carbons (Fsp3) is 0.0952. The topological polar surface area (TPSA) is 77.0 Å². The van der Waals surface area contributed by atoms with Crippen LogP contribution >= 0.6 is 11.6 Å². The molecule has 0 saturated heterocycles. The Hall–Kier alpha value is -3.10. The molecule has 9 heteroatoms. The predicted molar refractivity (Wildman–Crippen MR) is 113 cm³/mol. The number of hydrogen-bond acceptors (Lipinski definition) is 5. The maximum absolute atomic E-state index is 13.4. The molecule has 154 valence electrons. The predicted octanol–water partition coefficient (Wildman–Crippen LogP) is 4.63. The van der Waals surface area contributed by atoms with Gasteiger partial charge in [-0.3, -0.25) is 0 Å². The summed E-state index contributed by atoms with van der Waals surface area (Å²) in [6, 6.07) is 15.6. The van der Waals surface area contributed by atoms with Gasteiger partial charge in [-0.05, 0) is 42.0 Å². The molecule has 0 aromatic heterocycles. The fourth-order valence-electron chi connectivity index (χ4n) is 3.02. The van der Waals surface area contributed by atoms with Crippen molar-refractivity contribution >= 4 is 33.1 Å². The number of ether oxygens (including phenoxy) is 2. The van der Waals surface area contributed by atoms with Crippen LogP contribution in [0.25, 0.3) is 0 Å². The first-order valence-corrected chi connectivity index (χ1v) is 10.7. The zero-order chi connectivity index (χ0) is 21.3. The molecule has 0 fully saturated rings. The Kier molecular flexibility index (Phi) is 5.36. The normalized spacial score (nSPS) is 14.3. The van der Waals surface area contributed by atoms with Crippen LogP contribution in [0.15, 0.2) is 70.0 Å². The summed E-state index contributed by atoms with van der Waals surface area (Å²) >= 11 is 6.39. The van der Waals surface area contributed by atoms with Crippen LogP contribution in [0.3, 0.4) is 0 Å². The lowest BCUT2D eigenvalue weighted by Gasteiger charge is -2.20. The minimum absolute atomic E-state index is 0.0775. The van der Waals surface area contributed by atoms with Gasteiger partial charge in [-0.1, -0.05) is 35.9 Å². The largest absolute Gasteiger partial charge is 0.493 e. The van der Waals surface area contributed by atoms with Crippen molar-refractivity contribution in [1.82, 2.24) is 0 Å². The lowest BCUT2D eigenvalue weighted by molar-refractivity contribution is 0.284. The van der Waals surface area contributed by atoms with Crippen LogP contribution in [0.2, 0.25) is 5.02 Å². The van der Waals surface area contributed by atoms with Gasteiger partial charge in [0.25, 0.3) is 10.0 Å². The summed E-state index contributed by atoms with van der Waals surface area (Å²) < 4.78 is 53.3. The molecule has 1 N–H and O–H groups in total. The van der Waals surface area contributed by atoms with Gasteiger partial charge >= 0.3 is 0 Å². The maximum atomic E-state index is 13.4. The van der Waals surface area contributed by atoms with E-state index in [1.165, 1.54) is 31.4 Å². The molecule has 4 rings (SSSR count). The van der Waals surface area contributed by atoms with E-state index in [0.717, 1.165) is 0 Å². The van der Waals surface area contributed by atoms with Gasteiger partial charge in [0.1, 0.15) is 17.3 Å². The number of rotatable bonds is 5. The Morgan fingerprint density at radius 2 is 1.90 bits per heavy atom. The van der Waals surface area contributed by atoms with Gasteiger partial charge in [-0.25, -0.2) is 4.39 Å². The first-order chi connectivity index (χ1) is 14.4. The van der Waals surface area contributed by atoms with Crippen molar-refractivity contribution in [2.45, 2.75) is 11.5 Å². The van der Waals surface area contributed by atoms with Crippen LogP contribution in [0, 0.1) is 5.82 Å². The summed E-state index contributed by atoms with van der Waals surface area (Å²) in [5.74, 6) is 0.291. The molecule has 0 atom stereocenters. The highest BCUT2D eigenvalue weighted by atomic mass is 35.5. The molecule has 0 saturated carbocycles. The standard InChI is InChI=1S/C21H16ClFN2O4S/c1-28-18-11-14(21-24-17-7-2-3-8-19(17)30(26,27)25-21)10-16(22)20(18)29-12-13-5-4-6-15(23)9-13/h2-11H,12H2,1H3,(H,24,25). The van der Waals surface area contributed by atoms with Crippen LogP contribution in [0.4, 0.5) is 10.1 Å². The SMILES string of the molecule is COc1cc(C2=NS(=O)(=O)c3ccccc3N2)cc(Cl)c1OCc1cccc(F)c1. The summed E-state index contributed by atoms with van der Waals surface area (Å²) in [5, 5.41) is 3.20. The summed E-state index contributed by atoms with van der Waals surface area (Å²) in [7, 11) is -2.42. The van der Waals surface area contributed by atoms with Gasteiger partial charge in [0.05, 0.1) is 17.8 Å². The van der Waals surface area contributed by atoms with Gasteiger partial charge in [0.2, 0.25) is 0 Å². The highest BCUT2D eigenvalue weighted by Crippen LogP contribution is 2.38. The fourth-order valence-corrected chi connectivity index (χ4v) is 4.42. The third-order valence-corrected chi connectivity index (χ3v) is 6.02. The molecule has 0 bridgehead atoms. The van der Waals surface area contributed by atoms with E-state index < -0.39 is 10.0 Å². The number of halogens is 2. The molecule has 1 heterocycles. The highest BCUT2D eigenvalue weighted by molar-refractivity contribution is 7.90. The Labute approximate surface area is 178 Å². The van der Waals surface area contributed by atoms with Crippen LogP contribution in [0.5, 0.6) is 11.5 Å². The molecule has 3 aromatic carbocycles. The van der Waals surface area contributed by atoms with Crippen molar-refractivity contribution < 1.29 is 22.3 Å². The zero-order valence-electron chi connectivity index (χ0n) is 15.7. The lowest BCUT2D eigenvalue weighted by Crippen LogP contribution is -2.22. The monoisotopic (exact) mass is 446 g/mol. The molecule has 1 aliphatic rings. The third kappa shape index (κ3) is 3.96. The molecule has 1 aliphatic heterocycles. The first-order valence-electron chi connectivity index (χ1n) is 8.83. The zero-order valence-corrected chi connectivity index (χ0v) is 17.3. The number of amidine groups is 1. The Morgan fingerprint density at radius 1 is 1.10 bits per heavy atom. The minimum atomic E-state index is -3.86. The molecule has 3 aromatic rings. The minimum Gasteiger partial charge on any atom is -0.493 e. The van der Waals surface area contributed by atoms with E-state index in [9.17, 15) is 12.8 Å². The molecule has 30 heavy (non-hydrogen) atoms. The van der Waals surface area contributed by atoms with Crippen molar-refractivity contribution in [3.8, 4) is 11.5 Å². The number of methoxy groups -OCH3 is 1. The Bertz CT molecular complexity index is 1260. The molecule has 6 nitrogen and oxygen atoms in total. The van der Waals surface area contributed by atoms with Crippen LogP contribution in [0.1, 0.15) is 11.1 Å². The molecule has 0 aliphatic carbocycles. The van der Waals surface area contributed by atoms with Gasteiger partial charge in [-0.2, -0.15) is 8.42 Å². The number of nitrogens with one attached hydrogen (secondary N) is 1. The van der Waals surface area contributed by atoms with Crippen molar-refractivity contribution in [3.63, 3.8) is 0 Å². The summed E-state index contributed by atoms with van der Waals surface area (Å²) in [6.45, 7) is 0.0775. The molecular formula is C21H16ClFN2O4S. The van der Waals surface area contributed by atoms with E-state index >= 15 is 0 Å². The Morgan fingerprint density at radius 3 is 2.67 bits per heavy atom. The number of nitrogens with zero attached hydrogens (tertiary/aromatic N) is 1. The Balaban J connectivity index is 1.67. The second kappa shape index (κ2) is 7.97. The summed E-state index contributed by atoms with van der Waals surface area (Å²) in [6.07, 6.45) is 0. The summed E-state index contributed by atoms with van der Waals surface area (Å²) in [4.78, 5) is 0.0989. The second-order valence-electron chi connectivity index (χ2n) is 6.44. The van der Waals surface area contributed by atoms with Crippen LogP contribution in [-0.2, 0) is 16.6 Å². The number of benzene rings is 3. The molecule has 0 unspecified atom stereocenters. The number of anilines is 1. The number of para-hydroxylation sites is 1.